The van der Waals surface area contributed by atoms with Gasteiger partial charge in [0.25, 0.3) is 0 Å². The third kappa shape index (κ3) is 6.51. The summed E-state index contributed by atoms with van der Waals surface area (Å²) in [6.07, 6.45) is 3.57. The second-order valence-corrected chi connectivity index (χ2v) is 8.21. The summed E-state index contributed by atoms with van der Waals surface area (Å²) in [7, 11) is 3.20. The van der Waals surface area contributed by atoms with Crippen molar-refractivity contribution in [2.75, 3.05) is 0 Å². The minimum atomic E-state index is -0.773. The molecule has 0 atom stereocenters. The van der Waals surface area contributed by atoms with E-state index in [-0.39, 0.29) is 12.4 Å². The van der Waals surface area contributed by atoms with Crippen LogP contribution >= 0.6 is 32.9 Å². The number of rotatable bonds is 9. The molecule has 0 amide bonds. The van der Waals surface area contributed by atoms with Crippen molar-refractivity contribution in [2.45, 2.75) is 38.5 Å². The van der Waals surface area contributed by atoms with E-state index in [0.717, 1.165) is 27.1 Å². The highest BCUT2D eigenvalue weighted by Gasteiger charge is 2.06. The molecule has 0 radical (unpaired) electrons. The van der Waals surface area contributed by atoms with Crippen molar-refractivity contribution >= 4 is 44.8 Å². The number of carbonyl (C=O) groups excluding carboxylic acids is 1. The Morgan fingerprint density at radius 2 is 1.67 bits per heavy atom. The molecule has 24 heavy (non-hydrogen) atoms. The van der Waals surface area contributed by atoms with E-state index in [1.54, 1.807) is 32.8 Å². The molecule has 7 heteroatoms. The first-order valence-corrected chi connectivity index (χ1v) is 10.2. The monoisotopic (exact) mass is 382 g/mol. The van der Waals surface area contributed by atoms with Gasteiger partial charge in [0.15, 0.2) is 0 Å². The molecule has 0 fully saturated rings. The third-order valence-corrected chi connectivity index (χ3v) is 6.26. The van der Waals surface area contributed by atoms with Crippen LogP contribution < -0.4 is 4.74 Å². The van der Waals surface area contributed by atoms with E-state index in [0.29, 0.717) is 25.0 Å². The number of unbranched alkanes of at least 4 members (excludes halogenated alkanes) is 3. The van der Waals surface area contributed by atoms with Crippen LogP contribution in [-0.4, -0.2) is 17.0 Å². The van der Waals surface area contributed by atoms with Gasteiger partial charge in [-0.3, -0.25) is 9.59 Å². The molecule has 4 nitrogen and oxygen atoms in total. The fourth-order valence-corrected chi connectivity index (χ4v) is 4.54. The molecule has 0 aliphatic heterocycles. The molecule has 2 aromatic rings. The Morgan fingerprint density at radius 3 is 2.25 bits per heavy atom. The van der Waals surface area contributed by atoms with Crippen LogP contribution in [0.2, 0.25) is 0 Å². The van der Waals surface area contributed by atoms with E-state index in [2.05, 4.69) is 0 Å². The summed E-state index contributed by atoms with van der Waals surface area (Å²) in [6, 6.07) is 9.38. The molecular weight excluding hydrogens is 364 g/mol. The molecule has 1 aromatic carbocycles. The van der Waals surface area contributed by atoms with Gasteiger partial charge in [-0.05, 0) is 48.7 Å². The molecular formula is C17H18O4S3. The quantitative estimate of drug-likeness (QED) is 0.203. The average Bonchev–Trinajstić information content (AvgIpc) is 2.97. The SMILES string of the molecule is O=C(O)CCCCCCC(=O)Oc1ccc(-c2cc(=S)ss2)cc1. The van der Waals surface area contributed by atoms with Gasteiger partial charge in [0.1, 0.15) is 9.57 Å². The van der Waals surface area contributed by atoms with Gasteiger partial charge in [-0.2, -0.15) is 0 Å². The van der Waals surface area contributed by atoms with Crippen molar-refractivity contribution in [1.29, 1.82) is 0 Å². The molecule has 0 bridgehead atoms. The van der Waals surface area contributed by atoms with Crippen LogP contribution in [0.1, 0.15) is 38.5 Å². The number of benzene rings is 1. The van der Waals surface area contributed by atoms with E-state index in [4.69, 9.17) is 22.1 Å². The zero-order chi connectivity index (χ0) is 17.4. The minimum absolute atomic E-state index is 0.189. The van der Waals surface area contributed by atoms with Gasteiger partial charge in [-0.15, -0.1) is 0 Å². The van der Waals surface area contributed by atoms with Gasteiger partial charge >= 0.3 is 11.9 Å². The maximum atomic E-state index is 11.8. The van der Waals surface area contributed by atoms with Crippen molar-refractivity contribution in [3.8, 4) is 16.2 Å². The largest absolute Gasteiger partial charge is 0.481 e. The van der Waals surface area contributed by atoms with E-state index in [1.165, 1.54) is 0 Å². The van der Waals surface area contributed by atoms with E-state index < -0.39 is 5.97 Å². The summed E-state index contributed by atoms with van der Waals surface area (Å²) in [5.41, 5.74) is 1.06. The Balaban J connectivity index is 1.72. The lowest BCUT2D eigenvalue weighted by atomic mass is 10.1. The van der Waals surface area contributed by atoms with Crippen LogP contribution in [0.15, 0.2) is 30.3 Å². The molecule has 1 N–H and O–H groups in total. The number of carbonyl (C=O) groups is 2. The van der Waals surface area contributed by atoms with Crippen LogP contribution in [-0.2, 0) is 9.59 Å². The van der Waals surface area contributed by atoms with Gasteiger partial charge in [-0.1, -0.05) is 45.7 Å². The fourth-order valence-electron chi connectivity index (χ4n) is 2.14. The Hall–Kier alpha value is -1.57. The van der Waals surface area contributed by atoms with Gasteiger partial charge in [0.05, 0.1) is 0 Å². The van der Waals surface area contributed by atoms with Crippen molar-refractivity contribution in [1.82, 2.24) is 0 Å². The van der Waals surface area contributed by atoms with Crippen LogP contribution in [0.5, 0.6) is 5.75 Å². The van der Waals surface area contributed by atoms with Crippen LogP contribution in [0.25, 0.3) is 10.4 Å². The summed E-state index contributed by atoms with van der Waals surface area (Å²) < 4.78 is 6.18. The summed E-state index contributed by atoms with van der Waals surface area (Å²) in [4.78, 5) is 23.3. The van der Waals surface area contributed by atoms with Gasteiger partial charge in [0, 0.05) is 17.7 Å². The van der Waals surface area contributed by atoms with Crippen molar-refractivity contribution in [2.24, 2.45) is 0 Å². The predicted octanol–water partition coefficient (Wildman–Crippen LogP) is 5.54. The number of aliphatic carboxylic acids is 1. The number of esters is 1. The maximum Gasteiger partial charge on any atom is 0.311 e. The number of carboxylic acid groups (broad SMARTS) is 1. The van der Waals surface area contributed by atoms with Gasteiger partial charge in [-0.25, -0.2) is 0 Å². The third-order valence-electron chi connectivity index (χ3n) is 3.35. The summed E-state index contributed by atoms with van der Waals surface area (Å²) in [5, 5.41) is 8.54. The van der Waals surface area contributed by atoms with Gasteiger partial charge in [0.2, 0.25) is 0 Å². The first kappa shape index (κ1) is 18.8. The van der Waals surface area contributed by atoms with Crippen LogP contribution in [0.3, 0.4) is 0 Å². The second-order valence-electron chi connectivity index (χ2n) is 5.30. The molecule has 0 spiro atoms. The summed E-state index contributed by atoms with van der Waals surface area (Å²) >= 11 is 5.13. The molecule has 1 heterocycles. The molecule has 0 aliphatic carbocycles. The maximum absolute atomic E-state index is 11.8. The number of carboxylic acids is 1. The summed E-state index contributed by atoms with van der Waals surface area (Å²) in [5.74, 6) is -0.495. The Kier molecular flexibility index (Phi) is 7.55. The predicted molar refractivity (Wildman–Crippen MR) is 99.4 cm³/mol. The van der Waals surface area contributed by atoms with Crippen molar-refractivity contribution in [3.63, 3.8) is 0 Å². The Labute approximate surface area is 153 Å². The highest BCUT2D eigenvalue weighted by molar-refractivity contribution is 7.80. The molecule has 0 aliphatic rings. The number of hydrogen-bond acceptors (Lipinski definition) is 6. The molecule has 0 saturated heterocycles. The van der Waals surface area contributed by atoms with E-state index in [9.17, 15) is 9.59 Å². The molecule has 0 saturated carbocycles. The lowest BCUT2D eigenvalue weighted by molar-refractivity contribution is -0.137. The zero-order valence-corrected chi connectivity index (χ0v) is 15.5. The first-order valence-electron chi connectivity index (χ1n) is 7.67. The Morgan fingerprint density at radius 1 is 1.00 bits per heavy atom. The zero-order valence-electron chi connectivity index (χ0n) is 13.0. The van der Waals surface area contributed by atoms with Gasteiger partial charge < -0.3 is 9.84 Å². The average molecular weight is 383 g/mol. The Bertz CT molecular complexity index is 731. The normalized spacial score (nSPS) is 10.5. The first-order chi connectivity index (χ1) is 11.5. The van der Waals surface area contributed by atoms with Crippen molar-refractivity contribution in [3.05, 3.63) is 34.2 Å². The number of hydrogen-bond donors (Lipinski definition) is 1. The molecule has 128 valence electrons. The van der Waals surface area contributed by atoms with Crippen molar-refractivity contribution < 1.29 is 19.4 Å². The van der Waals surface area contributed by atoms with E-state index in [1.807, 2.05) is 18.2 Å². The highest BCUT2D eigenvalue weighted by Crippen LogP contribution is 2.30. The number of ether oxygens (including phenoxy) is 1. The second kappa shape index (κ2) is 9.66. The molecule has 0 unspecified atom stereocenters. The smallest absolute Gasteiger partial charge is 0.311 e. The lowest BCUT2D eigenvalue weighted by Gasteiger charge is -2.05. The summed E-state index contributed by atoms with van der Waals surface area (Å²) in [6.45, 7) is 0. The topological polar surface area (TPSA) is 63.6 Å². The van der Waals surface area contributed by atoms with Crippen LogP contribution in [0.4, 0.5) is 0 Å². The van der Waals surface area contributed by atoms with E-state index >= 15 is 0 Å². The minimum Gasteiger partial charge on any atom is -0.481 e. The molecule has 1 aromatic heterocycles. The standard InChI is InChI=1S/C17H18O4S3/c18-15(19)5-3-1-2-4-6-16(20)21-13-9-7-12(8-10-13)14-11-17(22)24-23-14/h7-11H,1-6H2,(H,18,19). The molecule has 2 rings (SSSR count). The van der Waals surface area contributed by atoms with Crippen LogP contribution in [0, 0.1) is 3.82 Å². The lowest BCUT2D eigenvalue weighted by Crippen LogP contribution is -2.07. The highest BCUT2D eigenvalue weighted by atomic mass is 32.9. The fraction of sp³-hybridized carbons (Fsp3) is 0.353.